The molecule has 0 unspecified atom stereocenters. The van der Waals surface area contributed by atoms with Gasteiger partial charge in [-0.25, -0.2) is 13.8 Å². The van der Waals surface area contributed by atoms with E-state index < -0.39 is 17.2 Å². The molecule has 3 aromatic heterocycles. The van der Waals surface area contributed by atoms with Gasteiger partial charge < -0.3 is 26.0 Å². The third kappa shape index (κ3) is 5.40. The van der Waals surface area contributed by atoms with Crippen molar-refractivity contribution >= 4 is 28.7 Å². The maximum atomic E-state index is 15.5. The Balaban J connectivity index is 1.30. The number of pyridine rings is 1. The van der Waals surface area contributed by atoms with Gasteiger partial charge in [0.05, 0.1) is 46.1 Å². The Bertz CT molecular complexity index is 1620. The standard InChI is InChI=1S/C31H36F2N8O2/c1-18-16-40(17-24(34)29(18)37-19(2)42)27-8-11-35-15-26(27)38-30-36-14-21-6-7-25(39-41(21)30)28-22(32)12-20(13-23(28)33)31(43-3)9-4-5-10-31/h6-8,11-15,18,24,29H,4-5,9-10,16-17,34H2,1-3H3,(H,36,38)(H,37,42)/t18-,24+,29-/m0/s1. The summed E-state index contributed by atoms with van der Waals surface area (Å²) in [6.07, 6.45) is 8.37. The normalized spacial score (nSPS) is 21.7. The predicted molar refractivity (Wildman–Crippen MR) is 160 cm³/mol. The molecule has 43 heavy (non-hydrogen) atoms. The number of hydrogen-bond acceptors (Lipinski definition) is 8. The summed E-state index contributed by atoms with van der Waals surface area (Å²) < 4.78 is 38.3. The quantitative estimate of drug-likeness (QED) is 0.287. The molecule has 0 radical (unpaired) electrons. The van der Waals surface area contributed by atoms with Crippen molar-refractivity contribution < 1.29 is 18.3 Å². The zero-order valence-corrected chi connectivity index (χ0v) is 24.5. The Morgan fingerprint density at radius 3 is 2.53 bits per heavy atom. The van der Waals surface area contributed by atoms with Gasteiger partial charge in [-0.2, -0.15) is 9.61 Å². The summed E-state index contributed by atoms with van der Waals surface area (Å²) in [5.41, 5.74) is 8.42. The number of nitrogens with zero attached hydrogens (tertiary/aromatic N) is 5. The van der Waals surface area contributed by atoms with Crippen molar-refractivity contribution in [3.63, 3.8) is 0 Å². The fourth-order valence-electron chi connectivity index (χ4n) is 6.63. The molecule has 2 fully saturated rings. The summed E-state index contributed by atoms with van der Waals surface area (Å²) in [4.78, 5) is 22.6. The maximum Gasteiger partial charge on any atom is 0.229 e. The van der Waals surface area contributed by atoms with Gasteiger partial charge in [0.25, 0.3) is 0 Å². The van der Waals surface area contributed by atoms with Gasteiger partial charge in [-0.3, -0.25) is 9.78 Å². The molecule has 12 heteroatoms. The smallest absolute Gasteiger partial charge is 0.229 e. The van der Waals surface area contributed by atoms with Crippen molar-refractivity contribution in [1.29, 1.82) is 0 Å². The highest BCUT2D eigenvalue weighted by Crippen LogP contribution is 2.43. The van der Waals surface area contributed by atoms with Gasteiger partial charge in [-0.05, 0) is 54.7 Å². The number of methoxy groups -OCH3 is 1. The summed E-state index contributed by atoms with van der Waals surface area (Å²) in [7, 11) is 1.59. The highest BCUT2D eigenvalue weighted by molar-refractivity contribution is 5.75. The second kappa shape index (κ2) is 11.5. The van der Waals surface area contributed by atoms with Gasteiger partial charge in [-0.15, -0.1) is 0 Å². The number of carbonyl (C=O) groups is 1. The molecule has 1 amide bonds. The fourth-order valence-corrected chi connectivity index (χ4v) is 6.63. The van der Waals surface area contributed by atoms with E-state index in [0.29, 0.717) is 35.8 Å². The van der Waals surface area contributed by atoms with E-state index in [1.54, 1.807) is 37.8 Å². The SMILES string of the molecule is COC1(c2cc(F)c(-c3ccc4cnc(Nc5cnccc5N5C[C@@H](N)[C@@H](NC(C)=O)[C@@H](C)C5)n4n3)c(F)c2)CCCC1. The first kappa shape index (κ1) is 28.9. The second-order valence-electron chi connectivity index (χ2n) is 11.6. The Morgan fingerprint density at radius 1 is 1.12 bits per heavy atom. The van der Waals surface area contributed by atoms with Crippen molar-refractivity contribution in [1.82, 2.24) is 24.9 Å². The zero-order chi connectivity index (χ0) is 30.3. The van der Waals surface area contributed by atoms with Gasteiger partial charge in [0, 0.05) is 45.4 Å². The van der Waals surface area contributed by atoms with Crippen molar-refractivity contribution in [2.45, 2.75) is 57.2 Å². The first-order valence-electron chi connectivity index (χ1n) is 14.6. The van der Waals surface area contributed by atoms with Crippen LogP contribution in [0, 0.1) is 17.6 Å². The number of carbonyl (C=O) groups excluding carboxylic acids is 1. The highest BCUT2D eigenvalue weighted by Gasteiger charge is 2.37. The summed E-state index contributed by atoms with van der Waals surface area (Å²) in [5.74, 6) is -1.02. The molecule has 6 rings (SSSR count). The lowest BCUT2D eigenvalue weighted by atomic mass is 9.89. The lowest BCUT2D eigenvalue weighted by Gasteiger charge is -2.42. The molecule has 2 aliphatic rings. The van der Waals surface area contributed by atoms with E-state index in [-0.39, 0.29) is 35.2 Å². The summed E-state index contributed by atoms with van der Waals surface area (Å²) >= 11 is 0. The third-order valence-corrected chi connectivity index (χ3v) is 8.78. The number of hydrogen-bond donors (Lipinski definition) is 3. The number of ether oxygens (including phenoxy) is 1. The molecule has 0 spiro atoms. The topological polar surface area (TPSA) is 123 Å². The number of piperidine rings is 1. The van der Waals surface area contributed by atoms with E-state index in [0.717, 1.165) is 31.4 Å². The monoisotopic (exact) mass is 590 g/mol. The van der Waals surface area contributed by atoms with Gasteiger partial charge in [0.2, 0.25) is 11.9 Å². The van der Waals surface area contributed by atoms with Crippen LogP contribution in [0.5, 0.6) is 0 Å². The molecule has 1 saturated carbocycles. The van der Waals surface area contributed by atoms with E-state index in [1.165, 1.54) is 23.6 Å². The second-order valence-corrected chi connectivity index (χ2v) is 11.6. The van der Waals surface area contributed by atoms with Gasteiger partial charge in [0.15, 0.2) is 0 Å². The van der Waals surface area contributed by atoms with Crippen LogP contribution in [0.4, 0.5) is 26.1 Å². The molecule has 226 valence electrons. The summed E-state index contributed by atoms with van der Waals surface area (Å²) in [6, 6.07) is 7.54. The molecule has 4 heterocycles. The number of aromatic nitrogens is 4. The van der Waals surface area contributed by atoms with Crippen LogP contribution in [-0.2, 0) is 15.1 Å². The van der Waals surface area contributed by atoms with Gasteiger partial charge in [0.1, 0.15) is 11.6 Å². The first-order chi connectivity index (χ1) is 20.7. The predicted octanol–water partition coefficient (Wildman–Crippen LogP) is 4.52. The Morgan fingerprint density at radius 2 is 1.86 bits per heavy atom. The van der Waals surface area contributed by atoms with Crippen molar-refractivity contribution in [3.05, 3.63) is 66.1 Å². The number of amides is 1. The zero-order valence-electron chi connectivity index (χ0n) is 24.5. The van der Waals surface area contributed by atoms with E-state index in [1.807, 2.05) is 6.07 Å². The summed E-state index contributed by atoms with van der Waals surface area (Å²) in [6.45, 7) is 4.75. The van der Waals surface area contributed by atoms with Gasteiger partial charge >= 0.3 is 0 Å². The molecule has 3 atom stereocenters. The lowest BCUT2D eigenvalue weighted by Crippen LogP contribution is -2.61. The Hall–Kier alpha value is -4.16. The van der Waals surface area contributed by atoms with Crippen molar-refractivity contribution in [2.75, 3.05) is 30.4 Å². The molecular weight excluding hydrogens is 554 g/mol. The van der Waals surface area contributed by atoms with E-state index in [4.69, 9.17) is 10.5 Å². The minimum atomic E-state index is -0.692. The van der Waals surface area contributed by atoms with Crippen LogP contribution in [0.15, 0.2) is 48.9 Å². The molecule has 4 aromatic rings. The third-order valence-electron chi connectivity index (χ3n) is 8.78. The average Bonchev–Trinajstić information content (AvgIpc) is 3.63. The van der Waals surface area contributed by atoms with Crippen LogP contribution in [0.2, 0.25) is 0 Å². The lowest BCUT2D eigenvalue weighted by molar-refractivity contribution is -0.120. The van der Waals surface area contributed by atoms with E-state index in [9.17, 15) is 4.79 Å². The van der Waals surface area contributed by atoms with Crippen LogP contribution >= 0.6 is 0 Å². The van der Waals surface area contributed by atoms with Crippen LogP contribution in [-0.4, -0.2) is 57.8 Å². The number of nitrogens with one attached hydrogen (secondary N) is 2. The minimum Gasteiger partial charge on any atom is -0.374 e. The largest absolute Gasteiger partial charge is 0.374 e. The van der Waals surface area contributed by atoms with E-state index >= 15 is 8.78 Å². The Labute approximate surface area is 248 Å². The fraction of sp³-hybridized carbons (Fsp3) is 0.419. The van der Waals surface area contributed by atoms with Crippen LogP contribution in [0.3, 0.4) is 0 Å². The number of imidazole rings is 1. The van der Waals surface area contributed by atoms with Crippen LogP contribution in [0.25, 0.3) is 16.8 Å². The van der Waals surface area contributed by atoms with E-state index in [2.05, 4.69) is 37.5 Å². The van der Waals surface area contributed by atoms with Gasteiger partial charge in [-0.1, -0.05) is 19.8 Å². The number of halogens is 2. The number of rotatable bonds is 7. The molecule has 1 aliphatic heterocycles. The first-order valence-corrected chi connectivity index (χ1v) is 14.6. The summed E-state index contributed by atoms with van der Waals surface area (Å²) in [5, 5.41) is 10.9. The molecule has 1 aromatic carbocycles. The molecule has 1 aliphatic carbocycles. The number of benzene rings is 1. The average molecular weight is 591 g/mol. The van der Waals surface area contributed by atoms with Crippen molar-refractivity contribution in [3.8, 4) is 11.3 Å². The molecular formula is C31H36F2N8O2. The highest BCUT2D eigenvalue weighted by atomic mass is 19.1. The number of fused-ring (bicyclic) bond motifs is 1. The molecule has 0 bridgehead atoms. The maximum absolute atomic E-state index is 15.5. The van der Waals surface area contributed by atoms with Crippen LogP contribution in [0.1, 0.15) is 45.1 Å². The van der Waals surface area contributed by atoms with Crippen molar-refractivity contribution in [2.24, 2.45) is 11.7 Å². The molecule has 10 nitrogen and oxygen atoms in total. The number of nitrogens with two attached hydrogens (primary N) is 1. The molecule has 4 N–H and O–H groups in total. The number of anilines is 3. The molecule has 1 saturated heterocycles. The van der Waals surface area contributed by atoms with Crippen LogP contribution < -0.4 is 21.3 Å². The Kier molecular flexibility index (Phi) is 7.74. The minimum absolute atomic E-state index is 0.103.